The summed E-state index contributed by atoms with van der Waals surface area (Å²) in [6, 6.07) is 11.4. The van der Waals surface area contributed by atoms with Gasteiger partial charge in [0.1, 0.15) is 0 Å². The van der Waals surface area contributed by atoms with Crippen molar-refractivity contribution in [1.29, 1.82) is 0 Å². The molecule has 1 fully saturated rings. The van der Waals surface area contributed by atoms with Gasteiger partial charge >= 0.3 is 0 Å². The van der Waals surface area contributed by atoms with Crippen LogP contribution in [0.25, 0.3) is 0 Å². The first-order chi connectivity index (χ1) is 9.29. The number of nitrogens with zero attached hydrogens (tertiary/aromatic N) is 1. The van der Waals surface area contributed by atoms with E-state index in [1.54, 1.807) is 0 Å². The van der Waals surface area contributed by atoms with Crippen LogP contribution in [0.1, 0.15) is 32.6 Å². The fraction of sp³-hybridized carbons (Fsp3) is 0.529. The van der Waals surface area contributed by atoms with Gasteiger partial charge in [0, 0.05) is 31.4 Å². The number of rotatable bonds is 9. The minimum Gasteiger partial charge on any atom is -0.367 e. The molecule has 2 nitrogen and oxygen atoms in total. The number of anilines is 1. The largest absolute Gasteiger partial charge is 0.367 e. The summed E-state index contributed by atoms with van der Waals surface area (Å²) in [6.07, 6.45) is 5.14. The lowest BCUT2D eigenvalue weighted by Gasteiger charge is -2.26. The Labute approximate surface area is 117 Å². The summed E-state index contributed by atoms with van der Waals surface area (Å²) < 4.78 is 0. The molecule has 1 saturated carbocycles. The molecule has 0 aromatic heterocycles. The number of benzene rings is 1. The molecule has 1 N–H and O–H groups in total. The maximum atomic E-state index is 4.22. The van der Waals surface area contributed by atoms with Gasteiger partial charge in [-0.15, -0.1) is 0 Å². The number of unbranched alkanes of at least 4 members (excludes halogenated alkanes) is 1. The molecule has 0 aliphatic heterocycles. The molecule has 0 saturated heterocycles. The summed E-state index contributed by atoms with van der Waals surface area (Å²) in [5.41, 5.74) is 2.59. The molecule has 104 valence electrons. The molecule has 1 aliphatic carbocycles. The third kappa shape index (κ3) is 5.07. The molecule has 0 heterocycles. The first-order valence-electron chi connectivity index (χ1n) is 7.49. The number of hydrogen-bond acceptors (Lipinski definition) is 2. The fourth-order valence-electron chi connectivity index (χ4n) is 2.19. The van der Waals surface area contributed by atoms with E-state index < -0.39 is 0 Å². The van der Waals surface area contributed by atoms with Crippen LogP contribution >= 0.6 is 0 Å². The van der Waals surface area contributed by atoms with Gasteiger partial charge in [-0.3, -0.25) is 0 Å². The summed E-state index contributed by atoms with van der Waals surface area (Å²) in [5.74, 6) is 0. The molecule has 19 heavy (non-hydrogen) atoms. The highest BCUT2D eigenvalue weighted by atomic mass is 15.1. The lowest BCUT2D eigenvalue weighted by molar-refractivity contribution is 0.695. The molecule has 0 unspecified atom stereocenters. The third-order valence-electron chi connectivity index (χ3n) is 3.54. The summed E-state index contributed by atoms with van der Waals surface area (Å²) in [4.78, 5) is 2.44. The van der Waals surface area contributed by atoms with E-state index >= 15 is 0 Å². The Morgan fingerprint density at radius 3 is 2.68 bits per heavy atom. The molecule has 0 atom stereocenters. The van der Waals surface area contributed by atoms with Gasteiger partial charge in [0.05, 0.1) is 0 Å². The van der Waals surface area contributed by atoms with Crippen LogP contribution in [0.3, 0.4) is 0 Å². The normalized spacial score (nSPS) is 14.4. The second kappa shape index (κ2) is 7.34. The van der Waals surface area contributed by atoms with E-state index in [0.717, 1.165) is 25.7 Å². The van der Waals surface area contributed by atoms with Gasteiger partial charge in [0.2, 0.25) is 0 Å². The molecule has 1 aromatic carbocycles. The number of nitrogens with one attached hydrogen (secondary N) is 1. The molecular weight excluding hydrogens is 232 g/mol. The molecule has 2 heteroatoms. The van der Waals surface area contributed by atoms with Crippen molar-refractivity contribution in [3.8, 4) is 0 Å². The summed E-state index contributed by atoms with van der Waals surface area (Å²) in [6.45, 7) is 9.50. The Morgan fingerprint density at radius 1 is 1.32 bits per heavy atom. The summed E-state index contributed by atoms with van der Waals surface area (Å²) >= 11 is 0. The van der Waals surface area contributed by atoms with Crippen LogP contribution in [0.15, 0.2) is 42.5 Å². The topological polar surface area (TPSA) is 15.3 Å². The van der Waals surface area contributed by atoms with Crippen molar-refractivity contribution in [3.63, 3.8) is 0 Å². The van der Waals surface area contributed by atoms with E-state index in [0.29, 0.717) is 0 Å². The van der Waals surface area contributed by atoms with Crippen LogP contribution in [0, 0.1) is 0 Å². The van der Waals surface area contributed by atoms with Crippen molar-refractivity contribution in [3.05, 3.63) is 42.5 Å². The zero-order valence-corrected chi connectivity index (χ0v) is 12.1. The monoisotopic (exact) mass is 258 g/mol. The molecule has 0 amide bonds. The standard InChI is InChI=1S/C17H26N2/c1-3-4-12-19(17-8-6-5-7-9-17)14-15(2)13-18-16-10-11-16/h5-9,16,18H,2-4,10-14H2,1H3. The van der Waals surface area contributed by atoms with E-state index in [9.17, 15) is 0 Å². The zero-order valence-electron chi connectivity index (χ0n) is 12.1. The molecule has 1 aliphatic rings. The molecule has 0 radical (unpaired) electrons. The average molecular weight is 258 g/mol. The Kier molecular flexibility index (Phi) is 5.46. The number of hydrogen-bond donors (Lipinski definition) is 1. The number of para-hydroxylation sites is 1. The lowest BCUT2D eigenvalue weighted by Crippen LogP contribution is -2.30. The van der Waals surface area contributed by atoms with Crippen LogP contribution in [-0.2, 0) is 0 Å². The van der Waals surface area contributed by atoms with Crippen LogP contribution in [0.5, 0.6) is 0 Å². The van der Waals surface area contributed by atoms with Gasteiger partial charge in [-0.1, -0.05) is 38.1 Å². The SMILES string of the molecule is C=C(CNC1CC1)CN(CCCC)c1ccccc1. The molecule has 0 spiro atoms. The van der Waals surface area contributed by atoms with Crippen LogP contribution in [0.4, 0.5) is 5.69 Å². The predicted molar refractivity (Wildman–Crippen MR) is 83.7 cm³/mol. The highest BCUT2D eigenvalue weighted by Gasteiger charge is 2.20. The second-order valence-electron chi connectivity index (χ2n) is 5.52. The second-order valence-corrected chi connectivity index (χ2v) is 5.52. The summed E-state index contributed by atoms with van der Waals surface area (Å²) in [7, 11) is 0. The highest BCUT2D eigenvalue weighted by molar-refractivity contribution is 5.47. The van der Waals surface area contributed by atoms with E-state index in [2.05, 4.69) is 54.1 Å². The zero-order chi connectivity index (χ0) is 13.5. The Hall–Kier alpha value is -1.28. The average Bonchev–Trinajstić information content (AvgIpc) is 3.26. The molecular formula is C17H26N2. The minimum atomic E-state index is 0.762. The van der Waals surface area contributed by atoms with Crippen molar-refractivity contribution in [1.82, 2.24) is 5.32 Å². The predicted octanol–water partition coefficient (Wildman–Crippen LogP) is 3.60. The van der Waals surface area contributed by atoms with E-state index in [4.69, 9.17) is 0 Å². The van der Waals surface area contributed by atoms with Gasteiger partial charge in [0.15, 0.2) is 0 Å². The van der Waals surface area contributed by atoms with Gasteiger partial charge in [0.25, 0.3) is 0 Å². The van der Waals surface area contributed by atoms with Crippen LogP contribution < -0.4 is 10.2 Å². The lowest BCUT2D eigenvalue weighted by atomic mass is 10.2. The molecule has 1 aromatic rings. The Balaban J connectivity index is 1.87. The Bertz CT molecular complexity index is 382. The van der Waals surface area contributed by atoms with Crippen molar-refractivity contribution in [2.45, 2.75) is 38.6 Å². The summed E-state index contributed by atoms with van der Waals surface area (Å²) in [5, 5.41) is 3.54. The smallest absolute Gasteiger partial charge is 0.0398 e. The quantitative estimate of drug-likeness (QED) is 0.681. The van der Waals surface area contributed by atoms with Crippen LogP contribution in [0.2, 0.25) is 0 Å². The molecule has 2 rings (SSSR count). The van der Waals surface area contributed by atoms with Gasteiger partial charge in [-0.25, -0.2) is 0 Å². The van der Waals surface area contributed by atoms with Crippen molar-refractivity contribution >= 4 is 5.69 Å². The fourth-order valence-corrected chi connectivity index (χ4v) is 2.19. The first-order valence-corrected chi connectivity index (χ1v) is 7.49. The Morgan fingerprint density at radius 2 is 2.05 bits per heavy atom. The first kappa shape index (κ1) is 14.1. The highest BCUT2D eigenvalue weighted by Crippen LogP contribution is 2.19. The van der Waals surface area contributed by atoms with Crippen LogP contribution in [-0.4, -0.2) is 25.7 Å². The third-order valence-corrected chi connectivity index (χ3v) is 3.54. The van der Waals surface area contributed by atoms with E-state index in [1.807, 2.05) is 0 Å². The van der Waals surface area contributed by atoms with Gasteiger partial charge in [-0.05, 0) is 37.0 Å². The van der Waals surface area contributed by atoms with E-state index in [1.165, 1.54) is 36.9 Å². The van der Waals surface area contributed by atoms with Crippen molar-refractivity contribution in [2.75, 3.05) is 24.5 Å². The van der Waals surface area contributed by atoms with E-state index in [-0.39, 0.29) is 0 Å². The maximum Gasteiger partial charge on any atom is 0.0398 e. The van der Waals surface area contributed by atoms with Gasteiger partial charge < -0.3 is 10.2 Å². The van der Waals surface area contributed by atoms with Crippen molar-refractivity contribution in [2.24, 2.45) is 0 Å². The minimum absolute atomic E-state index is 0.762. The molecule has 0 bridgehead atoms. The van der Waals surface area contributed by atoms with Gasteiger partial charge in [-0.2, -0.15) is 0 Å². The maximum absolute atomic E-state index is 4.22. The van der Waals surface area contributed by atoms with Crippen molar-refractivity contribution < 1.29 is 0 Å².